The van der Waals surface area contributed by atoms with Gasteiger partial charge in [0.2, 0.25) is 0 Å². The molecule has 3 rings (SSSR count). The minimum absolute atomic E-state index is 0.588. The molecule has 1 fully saturated rings. The molecule has 0 spiro atoms. The Morgan fingerprint density at radius 2 is 2.17 bits per heavy atom. The van der Waals surface area contributed by atoms with Gasteiger partial charge in [-0.05, 0) is 31.6 Å². The zero-order chi connectivity index (χ0) is 16.1. The number of aromatic nitrogens is 4. The molecule has 5 nitrogen and oxygen atoms in total. The minimum Gasteiger partial charge on any atom is -0.384 e. The smallest absolute Gasteiger partial charge is 0.191 e. The number of pyridine rings is 1. The van der Waals surface area contributed by atoms with Crippen LogP contribution in [0.25, 0.3) is 0 Å². The number of halogens is 1. The number of hydrogen-bond acceptors (Lipinski definition) is 5. The van der Waals surface area contributed by atoms with E-state index in [0.29, 0.717) is 11.1 Å². The van der Waals surface area contributed by atoms with Crippen molar-refractivity contribution >= 4 is 29.1 Å². The predicted molar refractivity (Wildman–Crippen MR) is 95.4 cm³/mol. The number of aryl methyl sites for hydroxylation is 1. The second-order valence-electron chi connectivity index (χ2n) is 5.80. The Kier molecular flexibility index (Phi) is 5.78. The molecule has 1 saturated carbocycles. The van der Waals surface area contributed by atoms with Crippen molar-refractivity contribution in [1.82, 2.24) is 19.7 Å². The molecule has 1 N–H and O–H groups in total. The quantitative estimate of drug-likeness (QED) is 0.598. The second-order valence-corrected chi connectivity index (χ2v) is 6.98. The summed E-state index contributed by atoms with van der Waals surface area (Å²) < 4.78 is 2.37. The molecule has 0 unspecified atom stereocenters. The lowest BCUT2D eigenvalue weighted by Gasteiger charge is -2.16. The predicted octanol–water partition coefficient (Wildman–Crippen LogP) is 4.21. The Labute approximate surface area is 146 Å². The standard InChI is InChI=1S/C16H22ClN5S/c1-23-16-21-20-15(22(16)12-5-2-3-6-12)7-4-9-19-14-8-10-18-11-13(14)17/h8,10-12H,2-7,9H2,1H3,(H,18,19). The lowest BCUT2D eigenvalue weighted by Crippen LogP contribution is -2.12. The van der Waals surface area contributed by atoms with Crippen molar-refractivity contribution in [3.63, 3.8) is 0 Å². The van der Waals surface area contributed by atoms with Gasteiger partial charge >= 0.3 is 0 Å². The zero-order valence-corrected chi connectivity index (χ0v) is 14.9. The van der Waals surface area contributed by atoms with Crippen LogP contribution in [0.2, 0.25) is 5.02 Å². The molecule has 2 heterocycles. The fourth-order valence-electron chi connectivity index (χ4n) is 3.13. The molecule has 0 bridgehead atoms. The first kappa shape index (κ1) is 16.6. The Morgan fingerprint density at radius 1 is 1.35 bits per heavy atom. The number of rotatable bonds is 7. The molecule has 7 heteroatoms. The topological polar surface area (TPSA) is 55.6 Å². The summed E-state index contributed by atoms with van der Waals surface area (Å²) in [4.78, 5) is 3.99. The first-order valence-corrected chi connectivity index (χ1v) is 9.71. The third-order valence-corrected chi connectivity index (χ3v) is 5.22. The van der Waals surface area contributed by atoms with E-state index in [1.54, 1.807) is 24.2 Å². The molecule has 0 saturated heterocycles. The molecular formula is C16H22ClN5S. The molecule has 0 atom stereocenters. The van der Waals surface area contributed by atoms with Crippen molar-refractivity contribution in [3.05, 3.63) is 29.3 Å². The van der Waals surface area contributed by atoms with Crippen LogP contribution in [0.3, 0.4) is 0 Å². The average molecular weight is 352 g/mol. The van der Waals surface area contributed by atoms with Gasteiger partial charge in [0.1, 0.15) is 5.82 Å². The summed E-state index contributed by atoms with van der Waals surface area (Å²) >= 11 is 7.79. The summed E-state index contributed by atoms with van der Waals surface area (Å²) in [5, 5.41) is 13.8. The highest BCUT2D eigenvalue weighted by Gasteiger charge is 2.23. The van der Waals surface area contributed by atoms with Gasteiger partial charge in [-0.3, -0.25) is 4.98 Å². The van der Waals surface area contributed by atoms with Gasteiger partial charge in [0, 0.05) is 31.4 Å². The van der Waals surface area contributed by atoms with Crippen molar-refractivity contribution < 1.29 is 0 Å². The third-order valence-electron chi connectivity index (χ3n) is 4.27. The maximum atomic E-state index is 6.10. The summed E-state index contributed by atoms with van der Waals surface area (Å²) in [6.07, 6.45) is 12.5. The highest BCUT2D eigenvalue weighted by atomic mass is 35.5. The molecule has 1 aliphatic carbocycles. The van der Waals surface area contributed by atoms with Crippen LogP contribution in [0.5, 0.6) is 0 Å². The largest absolute Gasteiger partial charge is 0.384 e. The summed E-state index contributed by atoms with van der Waals surface area (Å²) in [7, 11) is 0. The van der Waals surface area contributed by atoms with Crippen LogP contribution < -0.4 is 5.32 Å². The Bertz CT molecular complexity index is 639. The van der Waals surface area contributed by atoms with Gasteiger partial charge in [0.15, 0.2) is 5.16 Å². The van der Waals surface area contributed by atoms with Crippen molar-refractivity contribution in [2.75, 3.05) is 18.1 Å². The van der Waals surface area contributed by atoms with E-state index in [4.69, 9.17) is 11.6 Å². The Balaban J connectivity index is 1.58. The summed E-state index contributed by atoms with van der Waals surface area (Å²) in [5.74, 6) is 1.11. The second kappa shape index (κ2) is 8.02. The Hall–Kier alpha value is -1.27. The maximum absolute atomic E-state index is 6.10. The van der Waals surface area contributed by atoms with Crippen molar-refractivity contribution in [2.24, 2.45) is 0 Å². The van der Waals surface area contributed by atoms with Gasteiger partial charge in [-0.15, -0.1) is 10.2 Å². The third kappa shape index (κ3) is 3.98. The molecule has 2 aromatic rings. The summed E-state index contributed by atoms with van der Waals surface area (Å²) in [6.45, 7) is 0.857. The van der Waals surface area contributed by atoms with Gasteiger partial charge in [-0.1, -0.05) is 36.2 Å². The van der Waals surface area contributed by atoms with E-state index in [-0.39, 0.29) is 0 Å². The van der Waals surface area contributed by atoms with Crippen LogP contribution in [0.15, 0.2) is 23.6 Å². The van der Waals surface area contributed by atoms with E-state index in [2.05, 4.69) is 31.3 Å². The number of nitrogens with zero attached hydrogens (tertiary/aromatic N) is 4. The molecule has 0 radical (unpaired) electrons. The Morgan fingerprint density at radius 3 is 2.91 bits per heavy atom. The number of anilines is 1. The van der Waals surface area contributed by atoms with E-state index >= 15 is 0 Å². The fourth-order valence-corrected chi connectivity index (χ4v) is 3.89. The SMILES string of the molecule is CSc1nnc(CCCNc2ccncc2Cl)n1C1CCCC1. The molecule has 0 aliphatic heterocycles. The molecule has 124 valence electrons. The summed E-state index contributed by atoms with van der Waals surface area (Å²) in [6, 6.07) is 2.49. The van der Waals surface area contributed by atoms with E-state index in [9.17, 15) is 0 Å². The molecule has 23 heavy (non-hydrogen) atoms. The van der Waals surface area contributed by atoms with Crippen LogP contribution >= 0.6 is 23.4 Å². The molecule has 1 aliphatic rings. The molecular weight excluding hydrogens is 330 g/mol. The highest BCUT2D eigenvalue weighted by molar-refractivity contribution is 7.98. The van der Waals surface area contributed by atoms with Gasteiger partial charge in [0.05, 0.1) is 10.7 Å². The first-order valence-electron chi connectivity index (χ1n) is 8.10. The lowest BCUT2D eigenvalue weighted by molar-refractivity contribution is 0.461. The molecule has 2 aromatic heterocycles. The van der Waals surface area contributed by atoms with E-state index in [1.807, 2.05) is 6.07 Å². The van der Waals surface area contributed by atoms with Crippen LogP contribution in [0.4, 0.5) is 5.69 Å². The zero-order valence-electron chi connectivity index (χ0n) is 13.3. The van der Waals surface area contributed by atoms with Crippen LogP contribution in [-0.4, -0.2) is 32.5 Å². The molecule has 0 amide bonds. The lowest BCUT2D eigenvalue weighted by atomic mass is 10.2. The van der Waals surface area contributed by atoms with Crippen LogP contribution in [0, 0.1) is 0 Å². The van der Waals surface area contributed by atoms with E-state index < -0.39 is 0 Å². The number of hydrogen-bond donors (Lipinski definition) is 1. The summed E-state index contributed by atoms with van der Waals surface area (Å²) in [5.41, 5.74) is 0.934. The van der Waals surface area contributed by atoms with Crippen molar-refractivity contribution in [1.29, 1.82) is 0 Å². The van der Waals surface area contributed by atoms with E-state index in [0.717, 1.165) is 36.1 Å². The normalized spacial score (nSPS) is 15.2. The van der Waals surface area contributed by atoms with Gasteiger partial charge in [0.25, 0.3) is 0 Å². The average Bonchev–Trinajstić information content (AvgIpc) is 3.21. The van der Waals surface area contributed by atoms with Gasteiger partial charge in [-0.25, -0.2) is 0 Å². The monoisotopic (exact) mass is 351 g/mol. The maximum Gasteiger partial charge on any atom is 0.191 e. The minimum atomic E-state index is 0.588. The van der Waals surface area contributed by atoms with Crippen LogP contribution in [0.1, 0.15) is 44.0 Å². The number of thioether (sulfide) groups is 1. The van der Waals surface area contributed by atoms with Crippen molar-refractivity contribution in [2.45, 2.75) is 49.7 Å². The molecule has 0 aromatic carbocycles. The van der Waals surface area contributed by atoms with Crippen molar-refractivity contribution in [3.8, 4) is 0 Å². The first-order chi connectivity index (χ1) is 11.3. The van der Waals surface area contributed by atoms with Gasteiger partial charge in [-0.2, -0.15) is 0 Å². The van der Waals surface area contributed by atoms with Gasteiger partial charge < -0.3 is 9.88 Å². The van der Waals surface area contributed by atoms with Crippen LogP contribution in [-0.2, 0) is 6.42 Å². The number of nitrogens with one attached hydrogen (secondary N) is 1. The fraction of sp³-hybridized carbons (Fsp3) is 0.562. The van der Waals surface area contributed by atoms with E-state index in [1.165, 1.54) is 25.7 Å². The highest BCUT2D eigenvalue weighted by Crippen LogP contribution is 2.33.